The zero-order chi connectivity index (χ0) is 15.5. The summed E-state index contributed by atoms with van der Waals surface area (Å²) in [4.78, 5) is 0. The molecule has 0 amide bonds. The van der Waals surface area contributed by atoms with Crippen LogP contribution in [0.2, 0.25) is 0 Å². The van der Waals surface area contributed by atoms with Crippen LogP contribution in [0.1, 0.15) is 39.3 Å². The summed E-state index contributed by atoms with van der Waals surface area (Å²) in [6.45, 7) is 6.41. The Morgan fingerprint density at radius 1 is 0.409 bits per heavy atom. The van der Waals surface area contributed by atoms with Gasteiger partial charge in [-0.3, -0.25) is 0 Å². The highest BCUT2D eigenvalue weighted by atomic mass is 14.2. The fraction of sp³-hybridized carbons (Fsp3) is 0.182. The molecule has 0 aliphatic rings. The van der Waals surface area contributed by atoms with E-state index in [0.29, 0.717) is 5.92 Å². The molecule has 0 atom stereocenters. The van der Waals surface area contributed by atoms with Gasteiger partial charge in [0.15, 0.2) is 0 Å². The highest BCUT2D eigenvalue weighted by molar-refractivity contribution is 5.44. The summed E-state index contributed by atoms with van der Waals surface area (Å²) in [5.41, 5.74) is 7.94. The van der Waals surface area contributed by atoms with Crippen LogP contribution in [0.3, 0.4) is 0 Å². The first kappa shape index (κ1) is 14.6. The Bertz CT molecular complexity index is 623. The highest BCUT2D eigenvalue weighted by Gasteiger charge is 2.16. The number of benzene rings is 3. The number of rotatable bonds is 3. The third kappa shape index (κ3) is 3.12. The molecule has 0 bridgehead atoms. The van der Waals surface area contributed by atoms with Crippen LogP contribution in [0.25, 0.3) is 0 Å². The summed E-state index contributed by atoms with van der Waals surface area (Å²) in [6.07, 6.45) is 0. The fourth-order valence-corrected chi connectivity index (χ4v) is 2.85. The molecule has 110 valence electrons. The second-order valence-electron chi connectivity index (χ2n) is 6.17. The largest absolute Gasteiger partial charge is 0.0590 e. The third-order valence-corrected chi connectivity index (χ3v) is 4.23. The minimum Gasteiger partial charge on any atom is -0.0590 e. The average Bonchev–Trinajstić information content (AvgIpc) is 2.53. The first-order chi connectivity index (χ1) is 10.6. The first-order valence-electron chi connectivity index (χ1n) is 7.83. The van der Waals surface area contributed by atoms with Gasteiger partial charge < -0.3 is 0 Å². The van der Waals surface area contributed by atoms with Crippen LogP contribution in [0.15, 0.2) is 72.8 Å². The lowest BCUT2D eigenvalue weighted by molar-refractivity contribution is 0.973. The van der Waals surface area contributed by atoms with Crippen LogP contribution in [0, 0.1) is 20.8 Å². The van der Waals surface area contributed by atoms with Gasteiger partial charge in [0.2, 0.25) is 0 Å². The van der Waals surface area contributed by atoms with Crippen molar-refractivity contribution in [2.45, 2.75) is 26.7 Å². The zero-order valence-electron chi connectivity index (χ0n) is 13.5. The van der Waals surface area contributed by atoms with Gasteiger partial charge in [0.1, 0.15) is 0 Å². The van der Waals surface area contributed by atoms with Gasteiger partial charge in [0.05, 0.1) is 0 Å². The Morgan fingerprint density at radius 3 is 0.864 bits per heavy atom. The van der Waals surface area contributed by atoms with E-state index >= 15 is 0 Å². The van der Waals surface area contributed by atoms with Crippen LogP contribution in [-0.2, 0) is 0 Å². The standard InChI is InChI=1S/C22H22/c1-16-4-10-19(11-5-16)22(20-12-6-17(2)7-13-20)21-14-8-18(3)9-15-21/h4-15,22H,1-3H3. The number of aryl methyl sites for hydroxylation is 3. The highest BCUT2D eigenvalue weighted by Crippen LogP contribution is 2.32. The second kappa shape index (κ2) is 6.19. The van der Waals surface area contributed by atoms with E-state index in [-0.39, 0.29) is 0 Å². The molecule has 0 saturated carbocycles. The normalized spacial score (nSPS) is 10.9. The first-order valence-corrected chi connectivity index (χ1v) is 7.83. The number of hydrogen-bond acceptors (Lipinski definition) is 0. The molecule has 0 aliphatic heterocycles. The van der Waals surface area contributed by atoms with Crippen LogP contribution in [0.5, 0.6) is 0 Å². The summed E-state index contributed by atoms with van der Waals surface area (Å²) in [5.74, 6) is 0.293. The van der Waals surface area contributed by atoms with Gasteiger partial charge in [-0.15, -0.1) is 0 Å². The SMILES string of the molecule is Cc1ccc(C(c2ccc(C)cc2)c2ccc(C)cc2)cc1. The van der Waals surface area contributed by atoms with E-state index in [9.17, 15) is 0 Å². The van der Waals surface area contributed by atoms with E-state index in [1.807, 2.05) is 0 Å². The Labute approximate surface area is 133 Å². The molecule has 0 unspecified atom stereocenters. The molecule has 0 heteroatoms. The molecule has 22 heavy (non-hydrogen) atoms. The molecular formula is C22H22. The van der Waals surface area contributed by atoms with Gasteiger partial charge in [-0.1, -0.05) is 89.5 Å². The quantitative estimate of drug-likeness (QED) is 0.534. The molecule has 0 saturated heterocycles. The van der Waals surface area contributed by atoms with Gasteiger partial charge in [0.25, 0.3) is 0 Å². The van der Waals surface area contributed by atoms with Gasteiger partial charge in [-0.25, -0.2) is 0 Å². The molecular weight excluding hydrogens is 264 g/mol. The van der Waals surface area contributed by atoms with Crippen molar-refractivity contribution in [1.29, 1.82) is 0 Å². The van der Waals surface area contributed by atoms with E-state index in [2.05, 4.69) is 93.6 Å². The van der Waals surface area contributed by atoms with Crippen molar-refractivity contribution in [1.82, 2.24) is 0 Å². The van der Waals surface area contributed by atoms with E-state index in [1.165, 1.54) is 33.4 Å². The van der Waals surface area contributed by atoms with E-state index < -0.39 is 0 Å². The van der Waals surface area contributed by atoms with Gasteiger partial charge >= 0.3 is 0 Å². The predicted molar refractivity (Wildman–Crippen MR) is 94.5 cm³/mol. The van der Waals surface area contributed by atoms with Gasteiger partial charge in [-0.05, 0) is 37.5 Å². The zero-order valence-corrected chi connectivity index (χ0v) is 13.5. The molecule has 0 radical (unpaired) electrons. The molecule has 0 aliphatic carbocycles. The molecule has 3 aromatic rings. The molecule has 0 N–H and O–H groups in total. The Kier molecular flexibility index (Phi) is 4.11. The third-order valence-electron chi connectivity index (χ3n) is 4.23. The summed E-state index contributed by atoms with van der Waals surface area (Å²) < 4.78 is 0. The summed E-state index contributed by atoms with van der Waals surface area (Å²) in [6, 6.07) is 26.7. The summed E-state index contributed by atoms with van der Waals surface area (Å²) in [7, 11) is 0. The Hall–Kier alpha value is -2.34. The summed E-state index contributed by atoms with van der Waals surface area (Å²) in [5, 5.41) is 0. The van der Waals surface area contributed by atoms with Crippen molar-refractivity contribution < 1.29 is 0 Å². The maximum Gasteiger partial charge on any atom is 0.0339 e. The van der Waals surface area contributed by atoms with Gasteiger partial charge in [-0.2, -0.15) is 0 Å². The lowest BCUT2D eigenvalue weighted by atomic mass is 9.84. The fourth-order valence-electron chi connectivity index (χ4n) is 2.85. The van der Waals surface area contributed by atoms with Crippen molar-refractivity contribution in [3.05, 3.63) is 106 Å². The lowest BCUT2D eigenvalue weighted by Crippen LogP contribution is -2.03. The van der Waals surface area contributed by atoms with Crippen molar-refractivity contribution in [3.8, 4) is 0 Å². The van der Waals surface area contributed by atoms with E-state index in [0.717, 1.165) is 0 Å². The van der Waals surface area contributed by atoms with Crippen molar-refractivity contribution in [2.75, 3.05) is 0 Å². The van der Waals surface area contributed by atoms with Crippen LogP contribution in [0.4, 0.5) is 0 Å². The lowest BCUT2D eigenvalue weighted by Gasteiger charge is -2.19. The molecule has 3 rings (SSSR count). The second-order valence-corrected chi connectivity index (χ2v) is 6.17. The smallest absolute Gasteiger partial charge is 0.0339 e. The van der Waals surface area contributed by atoms with Crippen molar-refractivity contribution in [2.24, 2.45) is 0 Å². The maximum absolute atomic E-state index is 2.25. The van der Waals surface area contributed by atoms with E-state index in [1.54, 1.807) is 0 Å². The monoisotopic (exact) mass is 286 g/mol. The average molecular weight is 286 g/mol. The predicted octanol–water partition coefficient (Wildman–Crippen LogP) is 5.79. The minimum atomic E-state index is 0.293. The number of hydrogen-bond donors (Lipinski definition) is 0. The molecule has 0 fully saturated rings. The van der Waals surface area contributed by atoms with Gasteiger partial charge in [0, 0.05) is 5.92 Å². The van der Waals surface area contributed by atoms with Crippen LogP contribution in [-0.4, -0.2) is 0 Å². The molecule has 0 aromatic heterocycles. The van der Waals surface area contributed by atoms with E-state index in [4.69, 9.17) is 0 Å². The Balaban J connectivity index is 2.10. The molecule has 0 spiro atoms. The summed E-state index contributed by atoms with van der Waals surface area (Å²) >= 11 is 0. The molecule has 3 aromatic carbocycles. The molecule has 0 nitrogen and oxygen atoms in total. The van der Waals surface area contributed by atoms with Crippen molar-refractivity contribution >= 4 is 0 Å². The Morgan fingerprint density at radius 2 is 0.636 bits per heavy atom. The van der Waals surface area contributed by atoms with Crippen molar-refractivity contribution in [3.63, 3.8) is 0 Å². The van der Waals surface area contributed by atoms with Crippen LogP contribution < -0.4 is 0 Å². The maximum atomic E-state index is 2.25. The molecule has 0 heterocycles. The minimum absolute atomic E-state index is 0.293. The van der Waals surface area contributed by atoms with Crippen LogP contribution >= 0.6 is 0 Å². The topological polar surface area (TPSA) is 0 Å².